The number of carboxylic acid groups (broad SMARTS) is 1. The summed E-state index contributed by atoms with van der Waals surface area (Å²) in [6, 6.07) is 1.88. The Labute approximate surface area is 119 Å². The van der Waals surface area contributed by atoms with Crippen molar-refractivity contribution in [1.29, 1.82) is 0 Å². The summed E-state index contributed by atoms with van der Waals surface area (Å²) < 4.78 is 26.4. The first-order valence-corrected chi connectivity index (χ1v) is 6.74. The first-order chi connectivity index (χ1) is 9.97. The topological polar surface area (TPSA) is 69.6 Å². The van der Waals surface area contributed by atoms with Crippen LogP contribution >= 0.6 is 0 Å². The molecule has 2 amide bonds. The Bertz CT molecular complexity index is 608. The van der Waals surface area contributed by atoms with Crippen LogP contribution in [0.15, 0.2) is 18.2 Å². The Morgan fingerprint density at radius 1 is 1.29 bits per heavy atom. The molecule has 7 heteroatoms. The van der Waals surface area contributed by atoms with Crippen molar-refractivity contribution in [2.75, 3.05) is 5.32 Å². The summed E-state index contributed by atoms with van der Waals surface area (Å²) in [7, 11) is 0. The zero-order chi connectivity index (χ0) is 15.1. The number of fused-ring (bicyclic) bond motifs is 2. The number of nitrogens with one attached hydrogen (secondary N) is 1. The number of nitrogens with zero attached hydrogens (tertiary/aromatic N) is 1. The molecular formula is C14H14F2N2O3. The van der Waals surface area contributed by atoms with Crippen LogP contribution in [0.25, 0.3) is 0 Å². The van der Waals surface area contributed by atoms with Crippen molar-refractivity contribution < 1.29 is 23.5 Å². The summed E-state index contributed by atoms with van der Waals surface area (Å²) in [5.41, 5.74) is -0.112. The van der Waals surface area contributed by atoms with Crippen LogP contribution in [-0.4, -0.2) is 34.1 Å². The van der Waals surface area contributed by atoms with E-state index in [2.05, 4.69) is 5.32 Å². The Kier molecular flexibility index (Phi) is 3.27. The molecule has 2 aliphatic heterocycles. The molecule has 0 radical (unpaired) electrons. The van der Waals surface area contributed by atoms with Crippen LogP contribution in [0.1, 0.15) is 19.3 Å². The molecule has 2 aliphatic rings. The number of aliphatic carboxylic acids is 1. The summed E-state index contributed by atoms with van der Waals surface area (Å²) in [6.45, 7) is 0. The maximum Gasteiger partial charge on any atom is 0.322 e. The van der Waals surface area contributed by atoms with E-state index in [9.17, 15) is 18.4 Å². The molecule has 2 saturated heterocycles. The lowest BCUT2D eigenvalue weighted by Gasteiger charge is -2.23. The largest absolute Gasteiger partial charge is 0.481 e. The second-order valence-corrected chi connectivity index (χ2v) is 5.44. The maximum absolute atomic E-state index is 13.5. The smallest absolute Gasteiger partial charge is 0.322 e. The van der Waals surface area contributed by atoms with Crippen LogP contribution in [0.4, 0.5) is 19.3 Å². The number of halogens is 2. The number of rotatable bonds is 2. The van der Waals surface area contributed by atoms with E-state index in [-0.39, 0.29) is 17.8 Å². The van der Waals surface area contributed by atoms with E-state index in [0.717, 1.165) is 18.6 Å². The van der Waals surface area contributed by atoms with Crippen LogP contribution < -0.4 is 5.32 Å². The van der Waals surface area contributed by atoms with E-state index in [1.807, 2.05) is 0 Å². The third-order valence-corrected chi connectivity index (χ3v) is 4.26. The fourth-order valence-corrected chi connectivity index (χ4v) is 3.34. The minimum Gasteiger partial charge on any atom is -0.481 e. The lowest BCUT2D eigenvalue weighted by molar-refractivity contribution is -0.142. The Balaban J connectivity index is 1.76. The van der Waals surface area contributed by atoms with Crippen LogP contribution in [0, 0.1) is 17.6 Å². The van der Waals surface area contributed by atoms with Gasteiger partial charge < -0.3 is 15.3 Å². The average Bonchev–Trinajstić information content (AvgIpc) is 2.99. The van der Waals surface area contributed by atoms with Gasteiger partial charge in [0.25, 0.3) is 0 Å². The highest BCUT2D eigenvalue weighted by Gasteiger charge is 2.51. The zero-order valence-corrected chi connectivity index (χ0v) is 11.1. The van der Waals surface area contributed by atoms with Crippen molar-refractivity contribution in [2.45, 2.75) is 31.3 Å². The molecule has 21 heavy (non-hydrogen) atoms. The molecule has 0 aliphatic carbocycles. The van der Waals surface area contributed by atoms with Crippen molar-refractivity contribution in [1.82, 2.24) is 4.90 Å². The summed E-state index contributed by atoms with van der Waals surface area (Å²) >= 11 is 0. The SMILES string of the molecule is O=C(O)C1CC2CCC1N2C(=O)Nc1ccc(F)cc1F. The third-order valence-electron chi connectivity index (χ3n) is 4.26. The maximum atomic E-state index is 13.5. The van der Waals surface area contributed by atoms with Crippen LogP contribution in [0.3, 0.4) is 0 Å². The Morgan fingerprint density at radius 3 is 2.67 bits per heavy atom. The van der Waals surface area contributed by atoms with Gasteiger partial charge in [-0.1, -0.05) is 0 Å². The van der Waals surface area contributed by atoms with Gasteiger partial charge in [0, 0.05) is 18.2 Å². The number of carboxylic acids is 1. The lowest BCUT2D eigenvalue weighted by atomic mass is 9.89. The van der Waals surface area contributed by atoms with Gasteiger partial charge in [-0.05, 0) is 31.4 Å². The molecule has 0 aromatic heterocycles. The highest BCUT2D eigenvalue weighted by molar-refractivity contribution is 5.91. The molecule has 2 N–H and O–H groups in total. The minimum absolute atomic E-state index is 0.112. The number of urea groups is 1. The van der Waals surface area contributed by atoms with Crippen LogP contribution in [0.5, 0.6) is 0 Å². The highest BCUT2D eigenvalue weighted by Crippen LogP contribution is 2.42. The fraction of sp³-hybridized carbons (Fsp3) is 0.429. The minimum atomic E-state index is -0.909. The fourth-order valence-electron chi connectivity index (χ4n) is 3.34. The molecule has 0 saturated carbocycles. The lowest BCUT2D eigenvalue weighted by Crippen LogP contribution is -2.40. The Morgan fingerprint density at radius 2 is 2.05 bits per heavy atom. The van der Waals surface area contributed by atoms with Gasteiger partial charge in [-0.2, -0.15) is 0 Å². The number of anilines is 1. The molecule has 5 nitrogen and oxygen atoms in total. The first-order valence-electron chi connectivity index (χ1n) is 6.74. The molecule has 2 heterocycles. The summed E-state index contributed by atoms with van der Waals surface area (Å²) in [5, 5.41) is 11.5. The van der Waals surface area contributed by atoms with Gasteiger partial charge in [-0.3, -0.25) is 4.79 Å². The van der Waals surface area contributed by atoms with Gasteiger partial charge >= 0.3 is 12.0 Å². The second kappa shape index (κ2) is 4.98. The molecule has 112 valence electrons. The number of amides is 2. The van der Waals surface area contributed by atoms with Crippen molar-refractivity contribution in [2.24, 2.45) is 5.92 Å². The number of hydrogen-bond acceptors (Lipinski definition) is 2. The normalized spacial score (nSPS) is 27.0. The van der Waals surface area contributed by atoms with Gasteiger partial charge in [-0.15, -0.1) is 0 Å². The van der Waals surface area contributed by atoms with Crippen LogP contribution in [0.2, 0.25) is 0 Å². The van der Waals surface area contributed by atoms with Crippen molar-refractivity contribution in [3.8, 4) is 0 Å². The summed E-state index contributed by atoms with van der Waals surface area (Å²) in [5.74, 6) is -3.05. The third kappa shape index (κ3) is 2.32. The van der Waals surface area contributed by atoms with E-state index in [4.69, 9.17) is 5.11 Å². The monoisotopic (exact) mass is 296 g/mol. The summed E-state index contributed by atoms with van der Waals surface area (Å²) in [6.07, 6.45) is 1.83. The molecule has 2 bridgehead atoms. The van der Waals surface area contributed by atoms with Gasteiger partial charge in [-0.25, -0.2) is 13.6 Å². The quantitative estimate of drug-likeness (QED) is 0.880. The number of benzene rings is 1. The van der Waals surface area contributed by atoms with E-state index in [0.29, 0.717) is 18.9 Å². The van der Waals surface area contributed by atoms with Crippen LogP contribution in [-0.2, 0) is 4.79 Å². The molecule has 3 unspecified atom stereocenters. The van der Waals surface area contributed by atoms with E-state index < -0.39 is 29.6 Å². The molecule has 2 fully saturated rings. The predicted octanol–water partition coefficient (Wildman–Crippen LogP) is 2.43. The van der Waals surface area contributed by atoms with Gasteiger partial charge in [0.1, 0.15) is 11.6 Å². The molecule has 3 rings (SSSR count). The van der Waals surface area contributed by atoms with Crippen molar-refractivity contribution >= 4 is 17.7 Å². The zero-order valence-electron chi connectivity index (χ0n) is 11.1. The summed E-state index contributed by atoms with van der Waals surface area (Å²) in [4.78, 5) is 24.9. The molecular weight excluding hydrogens is 282 g/mol. The second-order valence-electron chi connectivity index (χ2n) is 5.44. The number of carbonyl (C=O) groups excluding carboxylic acids is 1. The van der Waals surface area contributed by atoms with Crippen molar-refractivity contribution in [3.63, 3.8) is 0 Å². The number of carbonyl (C=O) groups is 2. The average molecular weight is 296 g/mol. The molecule has 1 aromatic carbocycles. The first kappa shape index (κ1) is 13.8. The molecule has 0 spiro atoms. The van der Waals surface area contributed by atoms with Gasteiger partial charge in [0.2, 0.25) is 0 Å². The molecule has 3 atom stereocenters. The van der Waals surface area contributed by atoms with E-state index >= 15 is 0 Å². The van der Waals surface area contributed by atoms with Crippen molar-refractivity contribution in [3.05, 3.63) is 29.8 Å². The van der Waals surface area contributed by atoms with E-state index in [1.54, 1.807) is 0 Å². The Hall–Kier alpha value is -2.18. The standard InChI is InChI=1S/C14H14F2N2O3/c15-7-1-3-11(10(16)5-7)17-14(21)18-8-2-4-12(18)9(6-8)13(19)20/h1,3,5,8-9,12H,2,4,6H2,(H,17,21)(H,19,20). The van der Waals surface area contributed by atoms with E-state index in [1.165, 1.54) is 4.90 Å². The molecule has 1 aromatic rings. The van der Waals surface area contributed by atoms with Gasteiger partial charge in [0.15, 0.2) is 0 Å². The predicted molar refractivity (Wildman–Crippen MR) is 69.8 cm³/mol. The highest BCUT2D eigenvalue weighted by atomic mass is 19.1. The number of hydrogen-bond donors (Lipinski definition) is 2. The van der Waals surface area contributed by atoms with Gasteiger partial charge in [0.05, 0.1) is 11.6 Å².